The predicted octanol–water partition coefficient (Wildman–Crippen LogP) is 1.59. The van der Waals surface area contributed by atoms with Crippen LogP contribution in [0.1, 0.15) is 20.3 Å². The van der Waals surface area contributed by atoms with E-state index in [2.05, 4.69) is 4.90 Å². The van der Waals surface area contributed by atoms with Gasteiger partial charge in [-0.25, -0.2) is 0 Å². The second-order valence-corrected chi connectivity index (χ2v) is 5.15. The van der Waals surface area contributed by atoms with Crippen molar-refractivity contribution in [1.82, 2.24) is 4.90 Å². The summed E-state index contributed by atoms with van der Waals surface area (Å²) in [6.45, 7) is 4.77. The molecule has 1 aliphatic rings. The molecule has 0 aromatic heterocycles. The Morgan fingerprint density at radius 1 is 1.25 bits per heavy atom. The van der Waals surface area contributed by atoms with Gasteiger partial charge < -0.3 is 14.9 Å². The highest BCUT2D eigenvalue weighted by molar-refractivity contribution is 5.76. The van der Waals surface area contributed by atoms with E-state index in [-0.39, 0.29) is 24.4 Å². The van der Waals surface area contributed by atoms with Crippen molar-refractivity contribution in [2.75, 3.05) is 18.0 Å². The quantitative estimate of drug-likeness (QED) is 0.910. The van der Waals surface area contributed by atoms with Crippen molar-refractivity contribution in [3.8, 4) is 0 Å². The minimum atomic E-state index is -0.872. The number of hydrogen-bond donors (Lipinski definition) is 1. The molecule has 1 aromatic carbocycles. The molecule has 1 heterocycles. The minimum absolute atomic E-state index is 0.0221. The Hall–Kier alpha value is -2.04. The molecular formula is C15H20N2O3. The van der Waals surface area contributed by atoms with Crippen molar-refractivity contribution in [3.63, 3.8) is 0 Å². The van der Waals surface area contributed by atoms with Crippen LogP contribution in [0.3, 0.4) is 0 Å². The molecule has 0 bridgehead atoms. The fourth-order valence-corrected chi connectivity index (χ4v) is 2.89. The average molecular weight is 276 g/mol. The van der Waals surface area contributed by atoms with Gasteiger partial charge in [-0.05, 0) is 19.1 Å². The molecule has 0 aliphatic carbocycles. The number of carboxylic acid groups (broad SMARTS) is 1. The van der Waals surface area contributed by atoms with Crippen LogP contribution in [0, 0.1) is 0 Å². The van der Waals surface area contributed by atoms with Crippen LogP contribution in [0.5, 0.6) is 0 Å². The lowest BCUT2D eigenvalue weighted by atomic mass is 9.98. The largest absolute Gasteiger partial charge is 0.481 e. The molecule has 5 nitrogen and oxygen atoms in total. The number of carbonyl (C=O) groups excluding carboxylic acids is 1. The van der Waals surface area contributed by atoms with Crippen LogP contribution in [0.15, 0.2) is 30.3 Å². The summed E-state index contributed by atoms with van der Waals surface area (Å²) < 4.78 is 0. The highest BCUT2D eigenvalue weighted by Crippen LogP contribution is 2.25. The topological polar surface area (TPSA) is 60.9 Å². The number of carbonyl (C=O) groups is 2. The van der Waals surface area contributed by atoms with Gasteiger partial charge in [0.15, 0.2) is 0 Å². The summed E-state index contributed by atoms with van der Waals surface area (Å²) in [4.78, 5) is 26.6. The molecular weight excluding hydrogens is 256 g/mol. The molecule has 1 N–H and O–H groups in total. The Morgan fingerprint density at radius 2 is 1.90 bits per heavy atom. The molecule has 108 valence electrons. The summed E-state index contributed by atoms with van der Waals surface area (Å²) in [6.07, 6.45) is -0.0237. The Bertz CT molecular complexity index is 489. The van der Waals surface area contributed by atoms with E-state index in [0.29, 0.717) is 6.54 Å². The third-order valence-corrected chi connectivity index (χ3v) is 3.91. The molecule has 1 aliphatic heterocycles. The maximum atomic E-state index is 11.7. The van der Waals surface area contributed by atoms with Gasteiger partial charge in [0.25, 0.3) is 0 Å². The van der Waals surface area contributed by atoms with Gasteiger partial charge in [0.1, 0.15) is 0 Å². The van der Waals surface area contributed by atoms with Crippen LogP contribution in [-0.2, 0) is 9.59 Å². The Kier molecular flexibility index (Phi) is 4.27. The van der Waals surface area contributed by atoms with Crippen molar-refractivity contribution < 1.29 is 14.7 Å². The van der Waals surface area contributed by atoms with E-state index in [1.165, 1.54) is 6.92 Å². The van der Waals surface area contributed by atoms with Crippen LogP contribution in [0.25, 0.3) is 0 Å². The standard InChI is InChI=1S/C15H20N2O3/c1-11-14(10-15(19)20)17(12(2)18)9-8-16(11)13-6-4-3-5-7-13/h3-7,11,14H,8-10H2,1-2H3,(H,19,20)/t11-,14-/m0/s1. The van der Waals surface area contributed by atoms with Gasteiger partial charge >= 0.3 is 5.97 Å². The average Bonchev–Trinajstić information content (AvgIpc) is 2.41. The van der Waals surface area contributed by atoms with Crippen molar-refractivity contribution in [3.05, 3.63) is 30.3 Å². The summed E-state index contributed by atoms with van der Waals surface area (Å²) in [5.41, 5.74) is 1.07. The van der Waals surface area contributed by atoms with Crippen LogP contribution >= 0.6 is 0 Å². The first-order valence-electron chi connectivity index (χ1n) is 6.81. The zero-order valence-electron chi connectivity index (χ0n) is 11.8. The molecule has 0 unspecified atom stereocenters. The molecule has 2 rings (SSSR count). The van der Waals surface area contributed by atoms with E-state index >= 15 is 0 Å². The van der Waals surface area contributed by atoms with E-state index < -0.39 is 5.97 Å². The number of nitrogens with zero attached hydrogens (tertiary/aromatic N) is 2. The first-order valence-corrected chi connectivity index (χ1v) is 6.81. The zero-order chi connectivity index (χ0) is 14.7. The Balaban J connectivity index is 2.24. The molecule has 1 aromatic rings. The molecule has 20 heavy (non-hydrogen) atoms. The lowest BCUT2D eigenvalue weighted by molar-refractivity contribution is -0.141. The first kappa shape index (κ1) is 14.4. The highest BCUT2D eigenvalue weighted by Gasteiger charge is 2.36. The smallest absolute Gasteiger partial charge is 0.305 e. The van der Waals surface area contributed by atoms with Gasteiger partial charge in [-0.3, -0.25) is 9.59 Å². The van der Waals surface area contributed by atoms with Gasteiger partial charge in [-0.15, -0.1) is 0 Å². The van der Waals surface area contributed by atoms with E-state index in [0.717, 1.165) is 12.2 Å². The third kappa shape index (κ3) is 2.92. The fourth-order valence-electron chi connectivity index (χ4n) is 2.89. The molecule has 0 radical (unpaired) electrons. The minimum Gasteiger partial charge on any atom is -0.481 e. The number of rotatable bonds is 3. The van der Waals surface area contributed by atoms with Crippen LogP contribution < -0.4 is 4.90 Å². The van der Waals surface area contributed by atoms with Crippen molar-refractivity contribution in [2.24, 2.45) is 0 Å². The van der Waals surface area contributed by atoms with Gasteiger partial charge in [0.05, 0.1) is 12.5 Å². The number of anilines is 1. The molecule has 0 spiro atoms. The van der Waals surface area contributed by atoms with E-state index in [4.69, 9.17) is 5.11 Å². The molecule has 1 amide bonds. The van der Waals surface area contributed by atoms with Crippen LogP contribution in [-0.4, -0.2) is 47.1 Å². The molecule has 2 atom stereocenters. The van der Waals surface area contributed by atoms with Gasteiger partial charge in [-0.2, -0.15) is 0 Å². The molecule has 1 fully saturated rings. The maximum Gasteiger partial charge on any atom is 0.305 e. The number of para-hydroxylation sites is 1. The second kappa shape index (κ2) is 5.94. The van der Waals surface area contributed by atoms with Crippen LogP contribution in [0.4, 0.5) is 5.69 Å². The Morgan fingerprint density at radius 3 is 2.45 bits per heavy atom. The molecule has 0 saturated carbocycles. The van der Waals surface area contributed by atoms with Crippen LogP contribution in [0.2, 0.25) is 0 Å². The number of aliphatic carboxylic acids is 1. The van der Waals surface area contributed by atoms with Crippen molar-refractivity contribution >= 4 is 17.6 Å². The summed E-state index contributed by atoms with van der Waals surface area (Å²) in [5, 5.41) is 9.08. The normalized spacial score (nSPS) is 22.7. The van der Waals surface area contributed by atoms with Crippen molar-refractivity contribution in [1.29, 1.82) is 0 Å². The number of hydrogen-bond acceptors (Lipinski definition) is 3. The monoisotopic (exact) mass is 276 g/mol. The van der Waals surface area contributed by atoms with E-state index in [9.17, 15) is 9.59 Å². The van der Waals surface area contributed by atoms with E-state index in [1.807, 2.05) is 37.3 Å². The summed E-state index contributed by atoms with van der Waals surface area (Å²) in [5.74, 6) is -0.932. The van der Waals surface area contributed by atoms with Gasteiger partial charge in [-0.1, -0.05) is 18.2 Å². The fraction of sp³-hybridized carbons (Fsp3) is 0.467. The lowest BCUT2D eigenvalue weighted by Gasteiger charge is -2.46. The number of amides is 1. The number of piperazine rings is 1. The molecule has 5 heteroatoms. The summed E-state index contributed by atoms with van der Waals surface area (Å²) in [7, 11) is 0. The first-order chi connectivity index (χ1) is 9.50. The number of benzene rings is 1. The summed E-state index contributed by atoms with van der Waals surface area (Å²) in [6, 6.07) is 9.59. The Labute approximate surface area is 118 Å². The maximum absolute atomic E-state index is 11.7. The lowest BCUT2D eigenvalue weighted by Crippen LogP contribution is -2.60. The second-order valence-electron chi connectivity index (χ2n) is 5.15. The summed E-state index contributed by atoms with van der Waals surface area (Å²) >= 11 is 0. The number of carboxylic acids is 1. The zero-order valence-corrected chi connectivity index (χ0v) is 11.8. The van der Waals surface area contributed by atoms with Crippen molar-refractivity contribution in [2.45, 2.75) is 32.4 Å². The molecule has 1 saturated heterocycles. The highest BCUT2D eigenvalue weighted by atomic mass is 16.4. The van der Waals surface area contributed by atoms with Gasteiger partial charge in [0.2, 0.25) is 5.91 Å². The SMILES string of the molecule is CC(=O)N1CCN(c2ccccc2)[C@@H](C)[C@@H]1CC(=O)O. The van der Waals surface area contributed by atoms with Gasteiger partial charge in [0, 0.05) is 31.7 Å². The van der Waals surface area contributed by atoms with E-state index in [1.54, 1.807) is 4.90 Å². The predicted molar refractivity (Wildman–Crippen MR) is 76.7 cm³/mol. The third-order valence-electron chi connectivity index (χ3n) is 3.91.